The molecule has 184 valence electrons. The van der Waals surface area contributed by atoms with E-state index in [0.717, 1.165) is 25.6 Å². The van der Waals surface area contributed by atoms with Gasteiger partial charge < -0.3 is 25.5 Å². The number of nitrogens with one attached hydrogen (secondary N) is 5. The van der Waals surface area contributed by atoms with E-state index in [2.05, 4.69) is 31.2 Å². The number of aliphatic imine (C=N–C) groups is 1. The van der Waals surface area contributed by atoms with Crippen molar-refractivity contribution < 1.29 is 22.5 Å². The molecule has 0 radical (unpaired) electrons. The summed E-state index contributed by atoms with van der Waals surface area (Å²) >= 11 is 0. The molecule has 1 saturated heterocycles. The summed E-state index contributed by atoms with van der Waals surface area (Å²) in [5.74, 6) is -0.336. The molecule has 8 nitrogen and oxygen atoms in total. The zero-order chi connectivity index (χ0) is 24.7. The van der Waals surface area contributed by atoms with Crippen LogP contribution in [-0.2, 0) is 9.36 Å². The van der Waals surface area contributed by atoms with E-state index in [0.29, 0.717) is 28.4 Å². The summed E-state index contributed by atoms with van der Waals surface area (Å²) in [7, 11) is -2.92. The van der Waals surface area contributed by atoms with Crippen LogP contribution >= 0.6 is 7.14 Å². The first-order valence-corrected chi connectivity index (χ1v) is 13.6. The van der Waals surface area contributed by atoms with E-state index in [1.165, 1.54) is 13.1 Å². The summed E-state index contributed by atoms with van der Waals surface area (Å²) in [6.45, 7) is 6.07. The average molecular weight is 496 g/mol. The maximum Gasteiger partial charge on any atom is 0.419 e. The van der Waals surface area contributed by atoms with E-state index >= 15 is 0 Å². The molecule has 2 atom stereocenters. The van der Waals surface area contributed by atoms with E-state index in [4.69, 9.17) is 0 Å². The van der Waals surface area contributed by atoms with Crippen molar-refractivity contribution in [3.63, 3.8) is 0 Å². The number of hydrogen-bond acceptors (Lipinski definition) is 6. The van der Waals surface area contributed by atoms with Crippen LogP contribution in [0.1, 0.15) is 25.3 Å². The van der Waals surface area contributed by atoms with Gasteiger partial charge in [0.25, 0.3) is 0 Å². The van der Waals surface area contributed by atoms with Crippen molar-refractivity contribution in [3.05, 3.63) is 35.7 Å². The molecule has 5 N–H and O–H groups in total. The van der Waals surface area contributed by atoms with Crippen LogP contribution < -0.4 is 26.6 Å². The quantitative estimate of drug-likeness (QED) is 0.409. The number of aromatic amines is 1. The minimum absolute atomic E-state index is 0.0814. The molecule has 3 heterocycles. The number of benzene rings is 1. The fourth-order valence-corrected chi connectivity index (χ4v) is 5.86. The van der Waals surface area contributed by atoms with Gasteiger partial charge in [0.05, 0.1) is 27.8 Å². The highest BCUT2D eigenvalue weighted by molar-refractivity contribution is 7.71. The summed E-state index contributed by atoms with van der Waals surface area (Å²) in [5.41, 5.74) is -0.0723. The van der Waals surface area contributed by atoms with Gasteiger partial charge in [-0.15, -0.1) is 0 Å². The number of amides is 1. The lowest BCUT2D eigenvalue weighted by Crippen LogP contribution is -2.52. The number of rotatable bonds is 5. The Balaban J connectivity index is 1.81. The molecule has 2 aliphatic rings. The Morgan fingerprint density at radius 1 is 1.26 bits per heavy atom. The highest BCUT2D eigenvalue weighted by Crippen LogP contribution is 2.42. The molecule has 0 saturated carbocycles. The average Bonchev–Trinajstić information content (AvgIpc) is 3.16. The van der Waals surface area contributed by atoms with Gasteiger partial charge in [0.15, 0.2) is 6.29 Å². The minimum Gasteiger partial charge on any atom is -0.360 e. The van der Waals surface area contributed by atoms with E-state index in [-0.39, 0.29) is 23.2 Å². The van der Waals surface area contributed by atoms with E-state index < -0.39 is 25.2 Å². The number of hydrogen-bond donors (Lipinski definition) is 5. The molecular weight excluding hydrogens is 468 g/mol. The van der Waals surface area contributed by atoms with Crippen molar-refractivity contribution in [3.8, 4) is 0 Å². The zero-order valence-corrected chi connectivity index (χ0v) is 20.0. The van der Waals surface area contributed by atoms with Crippen LogP contribution in [0.2, 0.25) is 0 Å². The summed E-state index contributed by atoms with van der Waals surface area (Å²) in [4.78, 5) is 19.0. The number of carbonyl (C=O) groups excluding carboxylic acids is 1. The number of fused-ring (bicyclic) bond motifs is 1. The first-order chi connectivity index (χ1) is 15.9. The van der Waals surface area contributed by atoms with Gasteiger partial charge in [-0.3, -0.25) is 10.1 Å². The third-order valence-electron chi connectivity index (χ3n) is 5.83. The van der Waals surface area contributed by atoms with Crippen LogP contribution in [0, 0.1) is 0 Å². The third-order valence-corrected chi connectivity index (χ3v) is 7.37. The molecule has 4 rings (SSSR count). The number of anilines is 1. The number of alkyl halides is 3. The van der Waals surface area contributed by atoms with Crippen molar-refractivity contribution >= 4 is 40.7 Å². The van der Waals surface area contributed by atoms with Gasteiger partial charge in [-0.2, -0.15) is 13.2 Å². The van der Waals surface area contributed by atoms with Gasteiger partial charge in [0, 0.05) is 42.9 Å². The fourth-order valence-electron chi connectivity index (χ4n) is 4.43. The second kappa shape index (κ2) is 9.20. The SMILES string of the molecule is CC(=O)Nc1ccc2c(C3=NC(NC4CCCNC4)NC=C3C(F)(F)F)c[nH]c2c1P(C)(C)=O. The van der Waals surface area contributed by atoms with Gasteiger partial charge in [0.2, 0.25) is 5.91 Å². The lowest BCUT2D eigenvalue weighted by molar-refractivity contribution is -0.114. The molecule has 0 aliphatic carbocycles. The number of carbonyl (C=O) groups is 1. The molecule has 1 aromatic heterocycles. The third kappa shape index (κ3) is 5.06. The lowest BCUT2D eigenvalue weighted by Gasteiger charge is -2.30. The van der Waals surface area contributed by atoms with E-state index in [1.807, 2.05) is 0 Å². The van der Waals surface area contributed by atoms with Gasteiger partial charge in [-0.25, -0.2) is 4.99 Å². The minimum atomic E-state index is -4.63. The van der Waals surface area contributed by atoms with Crippen LogP contribution in [0.4, 0.5) is 18.9 Å². The molecule has 1 fully saturated rings. The van der Waals surface area contributed by atoms with Gasteiger partial charge >= 0.3 is 6.18 Å². The summed E-state index contributed by atoms with van der Waals surface area (Å²) in [6, 6.07) is 3.26. The van der Waals surface area contributed by atoms with E-state index in [9.17, 15) is 22.5 Å². The predicted molar refractivity (Wildman–Crippen MR) is 128 cm³/mol. The molecular formula is C22H28F3N6O2P. The molecule has 12 heteroatoms. The van der Waals surface area contributed by atoms with Gasteiger partial charge in [-0.1, -0.05) is 6.07 Å². The Morgan fingerprint density at radius 2 is 2.03 bits per heavy atom. The monoisotopic (exact) mass is 496 g/mol. The predicted octanol–water partition coefficient (Wildman–Crippen LogP) is 2.84. The van der Waals surface area contributed by atoms with Crippen LogP contribution in [0.3, 0.4) is 0 Å². The Bertz CT molecular complexity index is 1210. The van der Waals surface area contributed by atoms with Crippen molar-refractivity contribution in [1.82, 2.24) is 20.9 Å². The second-order valence-corrected chi connectivity index (χ2v) is 12.1. The second-order valence-electron chi connectivity index (χ2n) is 8.93. The number of piperidine rings is 1. The summed E-state index contributed by atoms with van der Waals surface area (Å²) < 4.78 is 54.9. The Kier molecular flexibility index (Phi) is 6.63. The molecule has 0 bridgehead atoms. The molecule has 1 amide bonds. The first kappa shape index (κ1) is 24.5. The van der Waals surface area contributed by atoms with Crippen LogP contribution in [-0.4, -0.2) is 61.5 Å². The topological polar surface area (TPSA) is 110 Å². The highest BCUT2D eigenvalue weighted by Gasteiger charge is 2.40. The van der Waals surface area contributed by atoms with Gasteiger partial charge in [-0.05, 0) is 38.8 Å². The molecule has 2 unspecified atom stereocenters. The van der Waals surface area contributed by atoms with Gasteiger partial charge in [0.1, 0.15) is 7.14 Å². The summed E-state index contributed by atoms with van der Waals surface area (Å²) in [5, 5.41) is 12.7. The normalized spacial score (nSPS) is 21.6. The van der Waals surface area contributed by atoms with Crippen LogP contribution in [0.25, 0.3) is 10.9 Å². The molecule has 1 aromatic carbocycles. The highest BCUT2D eigenvalue weighted by atomic mass is 31.2. The molecule has 34 heavy (non-hydrogen) atoms. The number of aromatic nitrogens is 1. The zero-order valence-electron chi connectivity index (χ0n) is 19.1. The number of nitrogens with zero attached hydrogens (tertiary/aromatic N) is 1. The number of H-pyrrole nitrogens is 1. The van der Waals surface area contributed by atoms with E-state index in [1.54, 1.807) is 25.5 Å². The smallest absolute Gasteiger partial charge is 0.360 e. The van der Waals surface area contributed by atoms with Crippen molar-refractivity contribution in [2.45, 2.75) is 38.3 Å². The number of halogens is 3. The first-order valence-electron chi connectivity index (χ1n) is 11.0. The van der Waals surface area contributed by atoms with Crippen LogP contribution in [0.5, 0.6) is 0 Å². The maximum atomic E-state index is 13.9. The Hall–Kier alpha value is -2.62. The maximum absolute atomic E-state index is 13.9. The fraction of sp³-hybridized carbons (Fsp3) is 0.455. The number of allylic oxidation sites excluding steroid dienone is 1. The standard InChI is InChI=1S/C22H28F3N6O2P/c1-12(32)29-17-7-6-14-15(10-27-19(14)20(17)34(2,3)33)18-16(22(23,24)25)11-28-21(31-18)30-13-5-4-8-26-9-13/h6-7,10-11,13,21,26-28,30H,4-5,8-9H2,1-3H3,(H,29,32). The largest absolute Gasteiger partial charge is 0.419 e. The Labute approximate surface area is 195 Å². The molecule has 2 aromatic rings. The molecule has 0 spiro atoms. The van der Waals surface area contributed by atoms with Crippen molar-refractivity contribution in [2.75, 3.05) is 31.7 Å². The molecule has 2 aliphatic heterocycles. The Morgan fingerprint density at radius 3 is 2.65 bits per heavy atom. The summed E-state index contributed by atoms with van der Waals surface area (Å²) in [6.07, 6.45) is -1.08. The van der Waals surface area contributed by atoms with Crippen molar-refractivity contribution in [2.24, 2.45) is 4.99 Å². The lowest BCUT2D eigenvalue weighted by atomic mass is 10.0. The van der Waals surface area contributed by atoms with Crippen molar-refractivity contribution in [1.29, 1.82) is 0 Å². The van der Waals surface area contributed by atoms with Crippen LogP contribution in [0.15, 0.2) is 35.1 Å².